The van der Waals surface area contributed by atoms with E-state index in [1.807, 2.05) is 11.8 Å². The first kappa shape index (κ1) is 16.7. The molecule has 1 saturated carbocycles. The monoisotopic (exact) mass is 330 g/mol. The number of rotatable bonds is 2. The van der Waals surface area contributed by atoms with Gasteiger partial charge in [-0.2, -0.15) is 0 Å². The van der Waals surface area contributed by atoms with Gasteiger partial charge in [-0.1, -0.05) is 12.8 Å². The van der Waals surface area contributed by atoms with Crippen LogP contribution in [0.15, 0.2) is 12.3 Å². The molecule has 1 unspecified atom stereocenters. The summed E-state index contributed by atoms with van der Waals surface area (Å²) in [6.45, 7) is 2.51. The Kier molecular flexibility index (Phi) is 5.02. The first-order valence-electron chi connectivity index (χ1n) is 8.90. The molecule has 24 heavy (non-hydrogen) atoms. The van der Waals surface area contributed by atoms with Crippen LogP contribution in [0.3, 0.4) is 0 Å². The van der Waals surface area contributed by atoms with Crippen LogP contribution >= 0.6 is 0 Å². The third kappa shape index (κ3) is 3.52. The number of nitrogens with one attached hydrogen (secondary N) is 1. The molecule has 1 aromatic rings. The largest absolute Gasteiger partial charge is 0.383 e. The van der Waals surface area contributed by atoms with Gasteiger partial charge in [0.25, 0.3) is 0 Å². The molecule has 2 heterocycles. The summed E-state index contributed by atoms with van der Waals surface area (Å²) in [5.41, 5.74) is 6.97. The molecule has 2 aliphatic rings. The second-order valence-electron chi connectivity index (χ2n) is 6.99. The Morgan fingerprint density at radius 3 is 2.62 bits per heavy atom. The summed E-state index contributed by atoms with van der Waals surface area (Å²) in [6, 6.07) is 1.96. The van der Waals surface area contributed by atoms with Crippen molar-refractivity contribution >= 4 is 23.3 Å². The lowest BCUT2D eigenvalue weighted by atomic mass is 9.89. The summed E-state index contributed by atoms with van der Waals surface area (Å²) in [7, 11) is 0. The molecule has 2 amide bonds. The number of piperidine rings is 1. The lowest BCUT2D eigenvalue weighted by Crippen LogP contribution is -2.50. The van der Waals surface area contributed by atoms with Crippen molar-refractivity contribution in [3.8, 4) is 0 Å². The highest BCUT2D eigenvalue weighted by Crippen LogP contribution is 2.34. The van der Waals surface area contributed by atoms with Crippen molar-refractivity contribution in [1.29, 1.82) is 0 Å². The summed E-state index contributed by atoms with van der Waals surface area (Å²) in [6.07, 6.45) is 9.47. The zero-order chi connectivity index (χ0) is 17.1. The molecule has 3 rings (SSSR count). The van der Waals surface area contributed by atoms with E-state index in [0.29, 0.717) is 24.0 Å². The van der Waals surface area contributed by atoms with Gasteiger partial charge in [-0.3, -0.25) is 9.59 Å². The van der Waals surface area contributed by atoms with Crippen LogP contribution in [0, 0.1) is 12.8 Å². The summed E-state index contributed by atoms with van der Waals surface area (Å²) in [5, 5.41) is 2.67. The smallest absolute Gasteiger partial charge is 0.313 e. The Morgan fingerprint density at radius 2 is 1.92 bits per heavy atom. The first-order chi connectivity index (χ1) is 11.6. The molecule has 0 radical (unpaired) electrons. The van der Waals surface area contributed by atoms with E-state index in [-0.39, 0.29) is 6.04 Å². The van der Waals surface area contributed by atoms with Crippen molar-refractivity contribution in [3.63, 3.8) is 0 Å². The molecule has 0 spiro atoms. The maximum Gasteiger partial charge on any atom is 0.313 e. The molecule has 0 bridgehead atoms. The number of nitrogens with two attached hydrogens (primary N) is 1. The molecule has 6 heteroatoms. The molecule has 1 aliphatic carbocycles. The van der Waals surface area contributed by atoms with Gasteiger partial charge in [-0.05, 0) is 56.6 Å². The number of hydrogen-bond donors (Lipinski definition) is 2. The Balaban J connectivity index is 1.68. The average Bonchev–Trinajstić information content (AvgIpc) is 3.12. The summed E-state index contributed by atoms with van der Waals surface area (Å²) >= 11 is 0. The van der Waals surface area contributed by atoms with Crippen LogP contribution in [0.5, 0.6) is 0 Å². The molecule has 130 valence electrons. The Bertz CT molecular complexity index is 625. The van der Waals surface area contributed by atoms with Crippen LogP contribution in [-0.4, -0.2) is 34.3 Å². The highest BCUT2D eigenvalue weighted by Gasteiger charge is 2.36. The number of hydrogen-bond acceptors (Lipinski definition) is 4. The number of aromatic nitrogens is 1. The molecule has 1 atom stereocenters. The van der Waals surface area contributed by atoms with Crippen LogP contribution < -0.4 is 11.1 Å². The van der Waals surface area contributed by atoms with Gasteiger partial charge < -0.3 is 16.0 Å². The summed E-state index contributed by atoms with van der Waals surface area (Å²) < 4.78 is 0. The number of pyridine rings is 1. The van der Waals surface area contributed by atoms with E-state index in [2.05, 4.69) is 10.3 Å². The fraction of sp³-hybridized carbons (Fsp3) is 0.611. The van der Waals surface area contributed by atoms with E-state index < -0.39 is 11.8 Å². The Labute approximate surface area is 142 Å². The number of carbonyl (C=O) groups is 2. The zero-order valence-electron chi connectivity index (χ0n) is 14.3. The fourth-order valence-corrected chi connectivity index (χ4v) is 4.01. The molecule has 2 fully saturated rings. The van der Waals surface area contributed by atoms with E-state index in [4.69, 9.17) is 5.73 Å². The van der Waals surface area contributed by atoms with Crippen molar-refractivity contribution < 1.29 is 9.59 Å². The minimum Gasteiger partial charge on any atom is -0.383 e. The lowest BCUT2D eigenvalue weighted by Gasteiger charge is -2.38. The second-order valence-corrected chi connectivity index (χ2v) is 6.99. The quantitative estimate of drug-likeness (QED) is 0.815. The SMILES string of the molecule is Cc1cc(NC(=O)C(=O)N2CCCCC2C2CCCC2)cnc1N. The number of carbonyl (C=O) groups excluding carboxylic acids is 2. The van der Waals surface area contributed by atoms with Crippen molar-refractivity contribution in [3.05, 3.63) is 17.8 Å². The van der Waals surface area contributed by atoms with Gasteiger partial charge in [0, 0.05) is 12.6 Å². The van der Waals surface area contributed by atoms with Crippen molar-refractivity contribution in [2.24, 2.45) is 5.92 Å². The number of nitrogens with zero attached hydrogens (tertiary/aromatic N) is 2. The number of aryl methyl sites for hydroxylation is 1. The minimum absolute atomic E-state index is 0.228. The van der Waals surface area contributed by atoms with E-state index in [1.54, 1.807) is 6.07 Å². The topological polar surface area (TPSA) is 88.3 Å². The highest BCUT2D eigenvalue weighted by molar-refractivity contribution is 6.39. The van der Waals surface area contributed by atoms with E-state index in [0.717, 1.165) is 24.8 Å². The average molecular weight is 330 g/mol. The van der Waals surface area contributed by atoms with Gasteiger partial charge in [0.1, 0.15) is 5.82 Å². The lowest BCUT2D eigenvalue weighted by molar-refractivity contribution is -0.146. The standard InChI is InChI=1S/C18H26N4O2/c1-12-10-14(11-20-16(12)19)21-17(23)18(24)22-9-5-4-8-15(22)13-6-2-3-7-13/h10-11,13,15H,2-9H2,1H3,(H2,19,20)(H,21,23). The van der Waals surface area contributed by atoms with Gasteiger partial charge in [0.15, 0.2) is 0 Å². The number of anilines is 2. The van der Waals surface area contributed by atoms with Crippen LogP contribution in [0.25, 0.3) is 0 Å². The van der Waals surface area contributed by atoms with Crippen LogP contribution in [0.1, 0.15) is 50.5 Å². The number of likely N-dealkylation sites (tertiary alicyclic amines) is 1. The summed E-state index contributed by atoms with van der Waals surface area (Å²) in [5.74, 6) is -0.00825. The Morgan fingerprint density at radius 1 is 1.21 bits per heavy atom. The number of amides is 2. The Hall–Kier alpha value is -2.11. The minimum atomic E-state index is -0.578. The maximum absolute atomic E-state index is 12.7. The second kappa shape index (κ2) is 7.20. The third-order valence-electron chi connectivity index (χ3n) is 5.32. The summed E-state index contributed by atoms with van der Waals surface area (Å²) in [4.78, 5) is 30.9. The van der Waals surface area contributed by atoms with Gasteiger partial charge in [0.05, 0.1) is 11.9 Å². The van der Waals surface area contributed by atoms with Gasteiger partial charge in [-0.25, -0.2) is 4.98 Å². The van der Waals surface area contributed by atoms with E-state index in [1.165, 1.54) is 31.9 Å². The van der Waals surface area contributed by atoms with Gasteiger partial charge in [-0.15, -0.1) is 0 Å². The molecular formula is C18H26N4O2. The number of nitrogen functional groups attached to an aromatic ring is 1. The van der Waals surface area contributed by atoms with Crippen LogP contribution in [-0.2, 0) is 9.59 Å². The van der Waals surface area contributed by atoms with Crippen LogP contribution in [0.2, 0.25) is 0 Å². The predicted molar refractivity (Wildman–Crippen MR) is 93.3 cm³/mol. The maximum atomic E-state index is 12.7. The zero-order valence-corrected chi connectivity index (χ0v) is 14.3. The molecule has 1 saturated heterocycles. The van der Waals surface area contributed by atoms with E-state index in [9.17, 15) is 9.59 Å². The molecule has 6 nitrogen and oxygen atoms in total. The first-order valence-corrected chi connectivity index (χ1v) is 8.90. The normalized spacial score (nSPS) is 21.7. The highest BCUT2D eigenvalue weighted by atomic mass is 16.2. The van der Waals surface area contributed by atoms with Gasteiger partial charge in [0.2, 0.25) is 0 Å². The van der Waals surface area contributed by atoms with E-state index >= 15 is 0 Å². The third-order valence-corrected chi connectivity index (χ3v) is 5.32. The molecule has 1 aliphatic heterocycles. The van der Waals surface area contributed by atoms with Crippen molar-refractivity contribution in [2.45, 2.75) is 57.9 Å². The molecule has 3 N–H and O–H groups in total. The molecular weight excluding hydrogens is 304 g/mol. The fourth-order valence-electron chi connectivity index (χ4n) is 4.01. The van der Waals surface area contributed by atoms with Crippen LogP contribution in [0.4, 0.5) is 11.5 Å². The predicted octanol–water partition coefficient (Wildman–Crippen LogP) is 2.48. The van der Waals surface area contributed by atoms with Crippen molar-refractivity contribution in [1.82, 2.24) is 9.88 Å². The van der Waals surface area contributed by atoms with Crippen molar-refractivity contribution in [2.75, 3.05) is 17.6 Å². The molecule has 1 aromatic heterocycles. The van der Waals surface area contributed by atoms with Gasteiger partial charge >= 0.3 is 11.8 Å². The molecule has 0 aromatic carbocycles.